The number of aromatic amines is 1. The van der Waals surface area contributed by atoms with Gasteiger partial charge in [0.2, 0.25) is 0 Å². The van der Waals surface area contributed by atoms with E-state index in [4.69, 9.17) is 0 Å². The fraction of sp³-hybridized carbons (Fsp3) is 0.375. The average Bonchev–Trinajstić information content (AvgIpc) is 2.87. The molecule has 2 rings (SSSR count). The molecule has 136 valence electrons. The van der Waals surface area contributed by atoms with Gasteiger partial charge in [-0.2, -0.15) is 13.2 Å². The summed E-state index contributed by atoms with van der Waals surface area (Å²) < 4.78 is 49.8. The molecule has 1 atom stereocenters. The topological polar surface area (TPSA) is 88.6 Å². The summed E-state index contributed by atoms with van der Waals surface area (Å²) in [6, 6.07) is 3.83. The van der Waals surface area contributed by atoms with Crippen molar-refractivity contribution in [1.82, 2.24) is 4.98 Å². The number of aryl methyl sites for hydroxylation is 1. The monoisotopic (exact) mass is 359 g/mol. The van der Waals surface area contributed by atoms with Crippen LogP contribution < -0.4 is 0 Å². The minimum Gasteiger partial charge on any atom is -0.465 e. The van der Waals surface area contributed by atoms with Crippen LogP contribution in [-0.2, 0) is 19.9 Å². The number of hydrogen-bond donors (Lipinski definition) is 2. The predicted molar refractivity (Wildman–Crippen MR) is 81.0 cm³/mol. The van der Waals surface area contributed by atoms with Gasteiger partial charge >= 0.3 is 18.1 Å². The third-order valence-corrected chi connectivity index (χ3v) is 3.75. The van der Waals surface area contributed by atoms with E-state index in [0.717, 1.165) is 13.2 Å². The zero-order chi connectivity index (χ0) is 19.0. The van der Waals surface area contributed by atoms with Crippen LogP contribution in [0.5, 0.6) is 0 Å². The molecule has 1 unspecified atom stereocenters. The van der Waals surface area contributed by atoms with Crippen LogP contribution in [-0.4, -0.2) is 41.9 Å². The van der Waals surface area contributed by atoms with Gasteiger partial charge in [-0.15, -0.1) is 0 Å². The fourth-order valence-corrected chi connectivity index (χ4v) is 2.63. The van der Waals surface area contributed by atoms with Crippen LogP contribution in [0, 0.1) is 6.92 Å². The van der Waals surface area contributed by atoms with E-state index in [2.05, 4.69) is 14.5 Å². The van der Waals surface area contributed by atoms with Crippen molar-refractivity contribution in [3.05, 3.63) is 35.0 Å². The number of ether oxygens (including phenoxy) is 2. The predicted octanol–water partition coefficient (Wildman–Crippen LogP) is 2.58. The number of aliphatic hydroxyl groups is 1. The van der Waals surface area contributed by atoms with E-state index >= 15 is 0 Å². The lowest BCUT2D eigenvalue weighted by atomic mass is 9.90. The van der Waals surface area contributed by atoms with Crippen molar-refractivity contribution >= 4 is 22.8 Å². The van der Waals surface area contributed by atoms with Crippen LogP contribution in [0.2, 0.25) is 0 Å². The number of rotatable bonds is 4. The SMILES string of the molecule is CCOC(=O)C(O)(c1c(C)[nH]c2ccc(C(=O)OC)cc12)C(F)(F)F. The summed E-state index contributed by atoms with van der Waals surface area (Å²) in [6.45, 7) is 2.27. The number of hydrogen-bond acceptors (Lipinski definition) is 5. The number of H-pyrrole nitrogens is 1. The van der Waals surface area contributed by atoms with Gasteiger partial charge in [-0.05, 0) is 32.0 Å². The highest BCUT2D eigenvalue weighted by Gasteiger charge is 2.63. The number of carbonyl (C=O) groups is 2. The number of esters is 2. The van der Waals surface area contributed by atoms with Gasteiger partial charge in [-0.3, -0.25) is 0 Å². The molecule has 2 N–H and O–H groups in total. The lowest BCUT2D eigenvalue weighted by molar-refractivity contribution is -0.267. The molecule has 0 fully saturated rings. The Labute approximate surface area is 140 Å². The van der Waals surface area contributed by atoms with Crippen molar-refractivity contribution in [2.24, 2.45) is 0 Å². The van der Waals surface area contributed by atoms with Gasteiger partial charge < -0.3 is 19.6 Å². The largest absolute Gasteiger partial charge is 0.465 e. The minimum absolute atomic E-state index is 0.0244. The van der Waals surface area contributed by atoms with Crippen molar-refractivity contribution in [1.29, 1.82) is 0 Å². The van der Waals surface area contributed by atoms with E-state index in [9.17, 15) is 27.9 Å². The summed E-state index contributed by atoms with van der Waals surface area (Å²) in [6.07, 6.45) is -5.33. The number of methoxy groups -OCH3 is 1. The Balaban J connectivity index is 2.81. The third-order valence-electron chi connectivity index (χ3n) is 3.75. The second kappa shape index (κ2) is 6.40. The zero-order valence-corrected chi connectivity index (χ0v) is 13.7. The van der Waals surface area contributed by atoms with E-state index in [1.54, 1.807) is 0 Å². The summed E-state index contributed by atoms with van der Waals surface area (Å²) in [5.41, 5.74) is -4.47. The van der Waals surface area contributed by atoms with E-state index in [1.165, 1.54) is 26.0 Å². The third kappa shape index (κ3) is 2.95. The van der Waals surface area contributed by atoms with Crippen molar-refractivity contribution in [3.63, 3.8) is 0 Å². The quantitative estimate of drug-likeness (QED) is 0.819. The maximum Gasteiger partial charge on any atom is 0.432 e. The Morgan fingerprint density at radius 3 is 2.44 bits per heavy atom. The molecule has 0 amide bonds. The van der Waals surface area contributed by atoms with Crippen molar-refractivity contribution in [2.75, 3.05) is 13.7 Å². The maximum absolute atomic E-state index is 13.6. The maximum atomic E-state index is 13.6. The molecule has 0 aliphatic rings. The Bertz CT molecular complexity index is 827. The Hall–Kier alpha value is -2.55. The molecule has 0 aliphatic heterocycles. The van der Waals surface area contributed by atoms with Gasteiger partial charge in [0.25, 0.3) is 5.60 Å². The first-order chi connectivity index (χ1) is 11.6. The fourth-order valence-electron chi connectivity index (χ4n) is 2.63. The molecule has 0 aliphatic carbocycles. The van der Waals surface area contributed by atoms with Gasteiger partial charge in [-0.1, -0.05) is 0 Å². The average molecular weight is 359 g/mol. The standard InChI is InChI=1S/C16H16F3NO5/c1-4-25-14(22)15(23,16(17,18)19)12-8(2)20-11-6-5-9(7-10(11)12)13(21)24-3/h5-7,20,23H,4H2,1-3H3. The van der Waals surface area contributed by atoms with Crippen LogP contribution in [0.3, 0.4) is 0 Å². The molecule has 1 aromatic carbocycles. The number of benzene rings is 1. The van der Waals surface area contributed by atoms with Gasteiger partial charge in [0, 0.05) is 22.2 Å². The Morgan fingerprint density at radius 1 is 1.28 bits per heavy atom. The first-order valence-electron chi connectivity index (χ1n) is 7.25. The molecular weight excluding hydrogens is 343 g/mol. The van der Waals surface area contributed by atoms with Crippen molar-refractivity contribution < 1.29 is 37.3 Å². The summed E-state index contributed by atoms with van der Waals surface area (Å²) in [4.78, 5) is 26.3. The van der Waals surface area contributed by atoms with E-state index < -0.39 is 29.3 Å². The molecule has 0 spiro atoms. The van der Waals surface area contributed by atoms with Gasteiger partial charge in [0.05, 0.1) is 19.3 Å². The van der Waals surface area contributed by atoms with E-state index in [0.29, 0.717) is 0 Å². The van der Waals surface area contributed by atoms with Gasteiger partial charge in [0.1, 0.15) is 0 Å². The number of alkyl halides is 3. The molecule has 1 aromatic heterocycles. The smallest absolute Gasteiger partial charge is 0.432 e. The molecular formula is C16H16F3NO5. The minimum atomic E-state index is -5.33. The van der Waals surface area contributed by atoms with Crippen LogP contribution in [0.15, 0.2) is 18.2 Å². The highest BCUT2D eigenvalue weighted by molar-refractivity contribution is 5.98. The second-order valence-corrected chi connectivity index (χ2v) is 5.31. The summed E-state index contributed by atoms with van der Waals surface area (Å²) in [5.74, 6) is -2.60. The highest BCUT2D eigenvalue weighted by atomic mass is 19.4. The second-order valence-electron chi connectivity index (χ2n) is 5.31. The molecule has 0 saturated carbocycles. The molecule has 0 bridgehead atoms. The first kappa shape index (κ1) is 18.8. The Morgan fingerprint density at radius 2 is 1.92 bits per heavy atom. The van der Waals surface area contributed by atoms with E-state index in [-0.39, 0.29) is 28.8 Å². The normalized spacial score (nSPS) is 14.2. The lowest BCUT2D eigenvalue weighted by Crippen LogP contribution is -2.50. The number of aromatic nitrogens is 1. The van der Waals surface area contributed by atoms with Crippen LogP contribution in [0.25, 0.3) is 10.9 Å². The van der Waals surface area contributed by atoms with Gasteiger partial charge in [0.15, 0.2) is 0 Å². The van der Waals surface area contributed by atoms with Crippen molar-refractivity contribution in [2.45, 2.75) is 25.6 Å². The summed E-state index contributed by atoms with van der Waals surface area (Å²) in [5, 5.41) is 10.2. The number of nitrogens with one attached hydrogen (secondary N) is 1. The van der Waals surface area contributed by atoms with Crippen LogP contribution in [0.1, 0.15) is 28.5 Å². The zero-order valence-electron chi connectivity index (χ0n) is 13.7. The molecule has 6 nitrogen and oxygen atoms in total. The Kier molecular flexibility index (Phi) is 4.81. The highest BCUT2D eigenvalue weighted by Crippen LogP contribution is 2.44. The summed E-state index contributed by atoms with van der Waals surface area (Å²) in [7, 11) is 1.13. The van der Waals surface area contributed by atoms with Crippen molar-refractivity contribution in [3.8, 4) is 0 Å². The first-order valence-corrected chi connectivity index (χ1v) is 7.25. The molecule has 0 saturated heterocycles. The number of halogens is 3. The molecule has 2 aromatic rings. The number of fused-ring (bicyclic) bond motifs is 1. The van der Waals surface area contributed by atoms with E-state index in [1.807, 2.05) is 0 Å². The van der Waals surface area contributed by atoms with Crippen LogP contribution in [0.4, 0.5) is 13.2 Å². The molecule has 9 heteroatoms. The number of carbonyl (C=O) groups excluding carboxylic acids is 2. The molecule has 1 heterocycles. The summed E-state index contributed by atoms with van der Waals surface area (Å²) >= 11 is 0. The lowest BCUT2D eigenvalue weighted by Gasteiger charge is -2.28. The van der Waals surface area contributed by atoms with Gasteiger partial charge in [-0.25, -0.2) is 9.59 Å². The molecule has 25 heavy (non-hydrogen) atoms. The van der Waals surface area contributed by atoms with Crippen LogP contribution >= 0.6 is 0 Å². The molecule has 0 radical (unpaired) electrons.